The van der Waals surface area contributed by atoms with Gasteiger partial charge in [0, 0.05) is 31.7 Å². The van der Waals surface area contributed by atoms with Gasteiger partial charge in [0.15, 0.2) is 0 Å². The lowest BCUT2D eigenvalue weighted by atomic mass is 9.93. The van der Waals surface area contributed by atoms with E-state index in [1.807, 2.05) is 0 Å². The van der Waals surface area contributed by atoms with Crippen LogP contribution in [0.1, 0.15) is 46.0 Å². The van der Waals surface area contributed by atoms with Crippen molar-refractivity contribution in [3.05, 3.63) is 0 Å². The topological polar surface area (TPSA) is 30.3 Å². The smallest absolute Gasteiger partial charge is 0.0672 e. The Morgan fingerprint density at radius 3 is 2.61 bits per heavy atom. The fraction of sp³-hybridized carbons (Fsp3) is 0.933. The van der Waals surface area contributed by atoms with Gasteiger partial charge in [0.05, 0.1) is 12.0 Å². The van der Waals surface area contributed by atoms with E-state index in [-0.39, 0.29) is 5.92 Å². The lowest BCUT2D eigenvalue weighted by molar-refractivity contribution is 0.0439. The number of nitrogens with zero attached hydrogens (tertiary/aromatic N) is 3. The first-order valence-electron chi connectivity index (χ1n) is 7.64. The van der Waals surface area contributed by atoms with Crippen molar-refractivity contribution in [2.75, 3.05) is 26.2 Å². The molecule has 2 aliphatic rings. The molecule has 0 aromatic carbocycles. The molecule has 0 aromatic heterocycles. The van der Waals surface area contributed by atoms with Crippen molar-refractivity contribution in [2.24, 2.45) is 5.92 Å². The van der Waals surface area contributed by atoms with Crippen LogP contribution in [0.25, 0.3) is 0 Å². The van der Waals surface area contributed by atoms with E-state index in [0.717, 1.165) is 26.1 Å². The molecule has 2 rings (SSSR count). The Labute approximate surface area is 112 Å². The van der Waals surface area contributed by atoms with Crippen molar-refractivity contribution in [3.8, 4) is 6.07 Å². The van der Waals surface area contributed by atoms with Crippen LogP contribution in [-0.4, -0.2) is 48.1 Å². The molecule has 0 aromatic rings. The van der Waals surface area contributed by atoms with Crippen LogP contribution in [0.4, 0.5) is 0 Å². The molecule has 18 heavy (non-hydrogen) atoms. The maximum Gasteiger partial charge on any atom is 0.0672 e. The summed E-state index contributed by atoms with van der Waals surface area (Å²) < 4.78 is 0. The highest BCUT2D eigenvalue weighted by Gasteiger charge is 2.32. The molecule has 1 aliphatic carbocycles. The third-order valence-electron chi connectivity index (χ3n) is 4.82. The molecule has 3 heteroatoms. The molecule has 0 bridgehead atoms. The van der Waals surface area contributed by atoms with Crippen LogP contribution in [0.15, 0.2) is 0 Å². The van der Waals surface area contributed by atoms with Gasteiger partial charge in [-0.2, -0.15) is 5.26 Å². The maximum atomic E-state index is 9.39. The van der Waals surface area contributed by atoms with E-state index in [1.54, 1.807) is 0 Å². The molecule has 0 spiro atoms. The number of likely N-dealkylation sites (N-methyl/N-ethyl adjacent to an activating group) is 1. The number of nitriles is 1. The number of hydrogen-bond acceptors (Lipinski definition) is 3. The minimum Gasteiger partial charge on any atom is -0.298 e. The average Bonchev–Trinajstić information content (AvgIpc) is 2.63. The molecule has 0 radical (unpaired) electrons. The van der Waals surface area contributed by atoms with Gasteiger partial charge >= 0.3 is 0 Å². The highest BCUT2D eigenvalue weighted by atomic mass is 15.3. The van der Waals surface area contributed by atoms with E-state index in [4.69, 9.17) is 0 Å². The fourth-order valence-corrected chi connectivity index (χ4v) is 3.67. The van der Waals surface area contributed by atoms with Crippen molar-refractivity contribution in [3.63, 3.8) is 0 Å². The number of hydrogen-bond donors (Lipinski definition) is 0. The van der Waals surface area contributed by atoms with Crippen LogP contribution in [0.3, 0.4) is 0 Å². The molecule has 1 saturated carbocycles. The predicted octanol–water partition coefficient (Wildman–Crippen LogP) is 2.48. The van der Waals surface area contributed by atoms with Crippen molar-refractivity contribution in [2.45, 2.75) is 58.0 Å². The third kappa shape index (κ3) is 3.05. The summed E-state index contributed by atoms with van der Waals surface area (Å²) in [7, 11) is 0. The van der Waals surface area contributed by atoms with Gasteiger partial charge in [-0.15, -0.1) is 0 Å². The van der Waals surface area contributed by atoms with Crippen molar-refractivity contribution < 1.29 is 0 Å². The lowest BCUT2D eigenvalue weighted by Crippen LogP contribution is -2.55. The first-order chi connectivity index (χ1) is 8.76. The molecule has 1 aliphatic heterocycles. The standard InChI is InChI=1S/C15H27N3/c1-3-17-9-10-18(12-13(17)2)15-8-6-4-5-7-14(15)11-16/h13-15H,3-10,12H2,1-2H3. The van der Waals surface area contributed by atoms with E-state index in [2.05, 4.69) is 29.7 Å². The van der Waals surface area contributed by atoms with Gasteiger partial charge in [-0.25, -0.2) is 0 Å². The molecule has 0 N–H and O–H groups in total. The molecule has 0 amide bonds. The van der Waals surface area contributed by atoms with Gasteiger partial charge in [0.25, 0.3) is 0 Å². The van der Waals surface area contributed by atoms with Crippen LogP contribution < -0.4 is 0 Å². The van der Waals surface area contributed by atoms with Crippen molar-refractivity contribution in [1.29, 1.82) is 5.26 Å². The Morgan fingerprint density at radius 2 is 1.94 bits per heavy atom. The van der Waals surface area contributed by atoms with Crippen LogP contribution in [0, 0.1) is 17.2 Å². The number of rotatable bonds is 2. The average molecular weight is 249 g/mol. The SMILES string of the molecule is CCN1CCN(C2CCCCCC2C#N)CC1C. The molecule has 3 nitrogen and oxygen atoms in total. The van der Waals surface area contributed by atoms with E-state index in [0.29, 0.717) is 12.1 Å². The molecule has 3 unspecified atom stereocenters. The van der Waals surface area contributed by atoms with Gasteiger partial charge in [-0.1, -0.05) is 26.2 Å². The molecular weight excluding hydrogens is 222 g/mol. The van der Waals surface area contributed by atoms with Crippen LogP contribution >= 0.6 is 0 Å². The minimum absolute atomic E-state index is 0.271. The highest BCUT2D eigenvalue weighted by Crippen LogP contribution is 2.28. The summed E-state index contributed by atoms with van der Waals surface area (Å²) in [6, 6.07) is 3.75. The molecule has 2 fully saturated rings. The summed E-state index contributed by atoms with van der Waals surface area (Å²) in [5.41, 5.74) is 0. The zero-order valence-electron chi connectivity index (χ0n) is 11.9. The second kappa shape index (κ2) is 6.54. The summed E-state index contributed by atoms with van der Waals surface area (Å²) in [6.07, 6.45) is 6.23. The lowest BCUT2D eigenvalue weighted by Gasteiger charge is -2.43. The van der Waals surface area contributed by atoms with Crippen LogP contribution in [0.2, 0.25) is 0 Å². The maximum absolute atomic E-state index is 9.39. The zero-order chi connectivity index (χ0) is 13.0. The highest BCUT2D eigenvalue weighted by molar-refractivity contribution is 4.96. The van der Waals surface area contributed by atoms with Gasteiger partial charge < -0.3 is 0 Å². The first-order valence-corrected chi connectivity index (χ1v) is 7.64. The van der Waals surface area contributed by atoms with Crippen molar-refractivity contribution in [1.82, 2.24) is 9.80 Å². The summed E-state index contributed by atoms with van der Waals surface area (Å²) in [5, 5.41) is 9.39. The molecular formula is C15H27N3. The Morgan fingerprint density at radius 1 is 1.17 bits per heavy atom. The van der Waals surface area contributed by atoms with Gasteiger partial charge in [-0.3, -0.25) is 9.80 Å². The van der Waals surface area contributed by atoms with E-state index in [9.17, 15) is 5.26 Å². The fourth-order valence-electron chi connectivity index (χ4n) is 3.67. The molecule has 102 valence electrons. The summed E-state index contributed by atoms with van der Waals surface area (Å²) in [6.45, 7) is 9.20. The Kier molecular flexibility index (Phi) is 5.03. The summed E-state index contributed by atoms with van der Waals surface area (Å²) in [5.74, 6) is 0.271. The van der Waals surface area contributed by atoms with E-state index >= 15 is 0 Å². The monoisotopic (exact) mass is 249 g/mol. The quantitative estimate of drug-likeness (QED) is 0.704. The Bertz CT molecular complexity index is 297. The number of piperazine rings is 1. The minimum atomic E-state index is 0.271. The Balaban J connectivity index is 1.99. The van der Waals surface area contributed by atoms with Crippen LogP contribution in [-0.2, 0) is 0 Å². The van der Waals surface area contributed by atoms with Crippen LogP contribution in [0.5, 0.6) is 0 Å². The third-order valence-corrected chi connectivity index (χ3v) is 4.82. The van der Waals surface area contributed by atoms with Gasteiger partial charge in [-0.05, 0) is 26.3 Å². The normalized spacial score (nSPS) is 35.9. The second-order valence-corrected chi connectivity index (χ2v) is 5.91. The zero-order valence-corrected chi connectivity index (χ0v) is 11.9. The van der Waals surface area contributed by atoms with Gasteiger partial charge in [0.1, 0.15) is 0 Å². The Hall–Kier alpha value is -0.590. The molecule has 1 saturated heterocycles. The summed E-state index contributed by atoms with van der Waals surface area (Å²) in [4.78, 5) is 5.16. The molecule has 1 heterocycles. The first kappa shape index (κ1) is 13.8. The van der Waals surface area contributed by atoms with E-state index in [1.165, 1.54) is 32.2 Å². The molecule has 3 atom stereocenters. The summed E-state index contributed by atoms with van der Waals surface area (Å²) >= 11 is 0. The largest absolute Gasteiger partial charge is 0.298 e. The second-order valence-electron chi connectivity index (χ2n) is 5.91. The van der Waals surface area contributed by atoms with Gasteiger partial charge in [0.2, 0.25) is 0 Å². The predicted molar refractivity (Wildman–Crippen MR) is 74.3 cm³/mol. The van der Waals surface area contributed by atoms with E-state index < -0.39 is 0 Å². The van der Waals surface area contributed by atoms with Crippen molar-refractivity contribution >= 4 is 0 Å².